The number of rotatable bonds is 13. The first kappa shape index (κ1) is 19.2. The highest BCUT2D eigenvalue weighted by Crippen LogP contribution is 2.14. The lowest BCUT2D eigenvalue weighted by Crippen LogP contribution is -2.54. The fourth-order valence-electron chi connectivity index (χ4n) is 1.37. The molecule has 0 saturated carbocycles. The fourth-order valence-corrected chi connectivity index (χ4v) is 1.37. The molecule has 0 amide bonds. The third-order valence-corrected chi connectivity index (χ3v) is 2.33. The third kappa shape index (κ3) is 7.73. The standard InChI is InChI=1S/C12H26N2O6/c1-5-18-12(19-6-2,20-8-7-17-4)9-13-14-10(3)11(15)16/h10,13-14H,5-9H2,1-4H3,(H,15,16)/t10-/m0/s1. The minimum atomic E-state index is -1.27. The summed E-state index contributed by atoms with van der Waals surface area (Å²) in [7, 11) is 1.57. The van der Waals surface area contributed by atoms with Crippen LogP contribution in [-0.4, -0.2) is 63.2 Å². The van der Waals surface area contributed by atoms with Crippen LogP contribution >= 0.6 is 0 Å². The number of hydrogen-bond donors (Lipinski definition) is 3. The van der Waals surface area contributed by atoms with Crippen LogP contribution in [0.15, 0.2) is 0 Å². The molecule has 0 heterocycles. The maximum absolute atomic E-state index is 10.7. The molecule has 0 aromatic carbocycles. The lowest BCUT2D eigenvalue weighted by Gasteiger charge is -2.33. The summed E-state index contributed by atoms with van der Waals surface area (Å²) in [5.74, 6) is -2.23. The van der Waals surface area contributed by atoms with Gasteiger partial charge in [-0.3, -0.25) is 4.79 Å². The second kappa shape index (κ2) is 11.0. The van der Waals surface area contributed by atoms with Crippen molar-refractivity contribution in [2.45, 2.75) is 32.8 Å². The van der Waals surface area contributed by atoms with E-state index in [9.17, 15) is 4.79 Å². The summed E-state index contributed by atoms with van der Waals surface area (Å²) in [5.41, 5.74) is 5.38. The third-order valence-electron chi connectivity index (χ3n) is 2.33. The molecule has 0 aliphatic carbocycles. The Morgan fingerprint density at radius 2 is 1.80 bits per heavy atom. The molecule has 0 aliphatic rings. The molecule has 0 rings (SSSR count). The lowest BCUT2D eigenvalue weighted by molar-refractivity contribution is -0.376. The minimum Gasteiger partial charge on any atom is -0.480 e. The van der Waals surface area contributed by atoms with Gasteiger partial charge in [-0.25, -0.2) is 10.9 Å². The summed E-state index contributed by atoms with van der Waals surface area (Å²) in [4.78, 5) is 10.7. The molecule has 0 aromatic rings. The highest BCUT2D eigenvalue weighted by Gasteiger charge is 2.33. The number of hydrazine groups is 1. The average Bonchev–Trinajstić information content (AvgIpc) is 2.39. The van der Waals surface area contributed by atoms with Gasteiger partial charge in [-0.2, -0.15) is 0 Å². The summed E-state index contributed by atoms with van der Waals surface area (Å²) < 4.78 is 21.5. The zero-order valence-corrected chi connectivity index (χ0v) is 12.6. The van der Waals surface area contributed by atoms with Gasteiger partial charge in [-0.05, 0) is 20.8 Å². The van der Waals surface area contributed by atoms with E-state index in [2.05, 4.69) is 10.9 Å². The van der Waals surface area contributed by atoms with Crippen LogP contribution in [0.3, 0.4) is 0 Å². The van der Waals surface area contributed by atoms with Crippen molar-refractivity contribution in [3.8, 4) is 0 Å². The quantitative estimate of drug-likeness (QED) is 0.247. The molecule has 0 radical (unpaired) electrons. The van der Waals surface area contributed by atoms with E-state index in [1.807, 2.05) is 13.8 Å². The van der Waals surface area contributed by atoms with Crippen molar-refractivity contribution in [3.05, 3.63) is 0 Å². The summed E-state index contributed by atoms with van der Waals surface area (Å²) in [6.07, 6.45) is 0. The highest BCUT2D eigenvalue weighted by molar-refractivity contribution is 5.72. The smallest absolute Gasteiger partial charge is 0.321 e. The monoisotopic (exact) mass is 294 g/mol. The van der Waals surface area contributed by atoms with Crippen molar-refractivity contribution in [1.82, 2.24) is 10.9 Å². The van der Waals surface area contributed by atoms with Crippen molar-refractivity contribution in [1.29, 1.82) is 0 Å². The van der Waals surface area contributed by atoms with E-state index in [1.165, 1.54) is 6.92 Å². The molecular formula is C12H26N2O6. The lowest BCUT2D eigenvalue weighted by atomic mass is 10.4. The van der Waals surface area contributed by atoms with Crippen molar-refractivity contribution >= 4 is 5.97 Å². The first-order chi connectivity index (χ1) is 9.51. The Bertz CT molecular complexity index is 258. The Labute approximate surface area is 119 Å². The molecule has 20 heavy (non-hydrogen) atoms. The van der Waals surface area contributed by atoms with Crippen LogP contribution in [0.5, 0.6) is 0 Å². The van der Waals surface area contributed by atoms with E-state index < -0.39 is 18.0 Å². The number of carboxylic acid groups (broad SMARTS) is 1. The topological polar surface area (TPSA) is 98.3 Å². The fraction of sp³-hybridized carbons (Fsp3) is 0.917. The zero-order chi connectivity index (χ0) is 15.4. The number of hydrogen-bond acceptors (Lipinski definition) is 7. The Hall–Kier alpha value is -0.770. The Morgan fingerprint density at radius 1 is 1.20 bits per heavy atom. The van der Waals surface area contributed by atoms with Crippen molar-refractivity contribution in [3.63, 3.8) is 0 Å². The highest BCUT2D eigenvalue weighted by atomic mass is 16.9. The normalized spacial score (nSPS) is 13.4. The van der Waals surface area contributed by atoms with Gasteiger partial charge in [0.25, 0.3) is 5.97 Å². The van der Waals surface area contributed by atoms with Crippen LogP contribution in [-0.2, 0) is 23.7 Å². The minimum absolute atomic E-state index is 0.135. The van der Waals surface area contributed by atoms with Gasteiger partial charge in [-0.1, -0.05) is 0 Å². The SMILES string of the molecule is CCOC(CNN[C@@H](C)C(=O)O)(OCC)OCCOC. The largest absolute Gasteiger partial charge is 0.480 e. The Balaban J connectivity index is 4.43. The molecule has 0 bridgehead atoms. The van der Waals surface area contributed by atoms with Gasteiger partial charge < -0.3 is 24.1 Å². The Kier molecular flexibility index (Phi) is 10.5. The van der Waals surface area contributed by atoms with Gasteiger partial charge in [0, 0.05) is 20.3 Å². The van der Waals surface area contributed by atoms with Crippen LogP contribution < -0.4 is 10.9 Å². The van der Waals surface area contributed by atoms with E-state index >= 15 is 0 Å². The van der Waals surface area contributed by atoms with Gasteiger partial charge in [0.15, 0.2) is 0 Å². The molecule has 120 valence electrons. The number of aliphatic carboxylic acids is 1. The van der Waals surface area contributed by atoms with Crippen molar-refractivity contribution < 1.29 is 28.8 Å². The molecule has 3 N–H and O–H groups in total. The maximum Gasteiger partial charge on any atom is 0.321 e. The number of nitrogens with one attached hydrogen (secondary N) is 2. The first-order valence-electron chi connectivity index (χ1n) is 6.63. The first-order valence-corrected chi connectivity index (χ1v) is 6.63. The molecule has 1 atom stereocenters. The number of carboxylic acids is 1. The molecule has 8 heteroatoms. The van der Waals surface area contributed by atoms with Crippen LogP contribution in [0.4, 0.5) is 0 Å². The summed E-state index contributed by atoms with van der Waals surface area (Å²) in [5, 5.41) is 8.78. The van der Waals surface area contributed by atoms with Crippen molar-refractivity contribution in [2.24, 2.45) is 0 Å². The average molecular weight is 294 g/mol. The second-order valence-electron chi connectivity index (χ2n) is 3.95. The number of carbonyl (C=O) groups is 1. The summed E-state index contributed by atoms with van der Waals surface area (Å²) >= 11 is 0. The van der Waals surface area contributed by atoms with Crippen LogP contribution in [0, 0.1) is 0 Å². The predicted molar refractivity (Wildman–Crippen MR) is 72.0 cm³/mol. The van der Waals surface area contributed by atoms with Gasteiger partial charge >= 0.3 is 5.97 Å². The molecule has 0 aliphatic heterocycles. The molecule has 0 spiro atoms. The van der Waals surface area contributed by atoms with E-state index in [-0.39, 0.29) is 6.54 Å². The zero-order valence-electron chi connectivity index (χ0n) is 12.6. The molecule has 8 nitrogen and oxygen atoms in total. The van der Waals surface area contributed by atoms with Crippen molar-refractivity contribution in [2.75, 3.05) is 40.1 Å². The maximum atomic E-state index is 10.7. The molecule has 0 unspecified atom stereocenters. The molecule has 0 saturated heterocycles. The Morgan fingerprint density at radius 3 is 2.25 bits per heavy atom. The van der Waals surface area contributed by atoms with E-state index in [1.54, 1.807) is 7.11 Å². The van der Waals surface area contributed by atoms with E-state index in [0.717, 1.165) is 0 Å². The predicted octanol–water partition coefficient (Wildman–Crippen LogP) is -0.0565. The molecular weight excluding hydrogens is 268 g/mol. The molecule has 0 aromatic heterocycles. The van der Waals surface area contributed by atoms with Gasteiger partial charge in [0.2, 0.25) is 0 Å². The van der Waals surface area contributed by atoms with Crippen LogP contribution in [0.2, 0.25) is 0 Å². The van der Waals surface area contributed by atoms with Gasteiger partial charge in [0.1, 0.15) is 6.04 Å². The van der Waals surface area contributed by atoms with E-state index in [0.29, 0.717) is 26.4 Å². The second-order valence-corrected chi connectivity index (χ2v) is 3.95. The van der Waals surface area contributed by atoms with Crippen LogP contribution in [0.1, 0.15) is 20.8 Å². The van der Waals surface area contributed by atoms with Gasteiger partial charge in [0.05, 0.1) is 19.8 Å². The number of ether oxygens (including phenoxy) is 4. The van der Waals surface area contributed by atoms with E-state index in [4.69, 9.17) is 24.1 Å². The molecule has 0 fully saturated rings. The van der Waals surface area contributed by atoms with Gasteiger partial charge in [-0.15, -0.1) is 0 Å². The summed E-state index contributed by atoms with van der Waals surface area (Å²) in [6, 6.07) is -0.741. The van der Waals surface area contributed by atoms with Crippen LogP contribution in [0.25, 0.3) is 0 Å². The summed E-state index contributed by atoms with van der Waals surface area (Å²) in [6.45, 7) is 6.78. The number of methoxy groups -OCH3 is 1.